The summed E-state index contributed by atoms with van der Waals surface area (Å²) in [4.78, 5) is 16.6. The number of rotatable bonds is 2. The van der Waals surface area contributed by atoms with Gasteiger partial charge in [0, 0.05) is 23.9 Å². The smallest absolute Gasteiger partial charge is 0.263 e. The molecule has 1 amide bonds. The number of fused-ring (bicyclic) bond motifs is 1. The van der Waals surface area contributed by atoms with E-state index in [1.807, 2.05) is 11.0 Å². The van der Waals surface area contributed by atoms with Gasteiger partial charge in [0.25, 0.3) is 5.91 Å². The van der Waals surface area contributed by atoms with E-state index in [1.54, 1.807) is 11.3 Å². The summed E-state index contributed by atoms with van der Waals surface area (Å²) >= 11 is 1.63. The van der Waals surface area contributed by atoms with Crippen LogP contribution in [0.25, 0.3) is 0 Å². The van der Waals surface area contributed by atoms with Crippen LogP contribution in [0.5, 0.6) is 0 Å². The van der Waals surface area contributed by atoms with E-state index in [2.05, 4.69) is 13.8 Å². The molecule has 1 aromatic heterocycles. The molecule has 3 rings (SSSR count). The molecule has 0 spiro atoms. The van der Waals surface area contributed by atoms with Gasteiger partial charge in [0.1, 0.15) is 0 Å². The van der Waals surface area contributed by atoms with Crippen molar-refractivity contribution < 1.29 is 9.90 Å². The predicted octanol–water partition coefficient (Wildman–Crippen LogP) is 2.46. The van der Waals surface area contributed by atoms with E-state index < -0.39 is 0 Å². The normalized spacial score (nSPS) is 29.8. The Labute approximate surface area is 118 Å². The van der Waals surface area contributed by atoms with Gasteiger partial charge in [-0.1, -0.05) is 6.92 Å². The summed E-state index contributed by atoms with van der Waals surface area (Å²) in [5.41, 5.74) is 1.23. The van der Waals surface area contributed by atoms with E-state index in [1.165, 1.54) is 10.4 Å². The lowest BCUT2D eigenvalue weighted by atomic mass is 10.00. The van der Waals surface area contributed by atoms with E-state index in [4.69, 9.17) is 0 Å². The monoisotopic (exact) mass is 279 g/mol. The average Bonchev–Trinajstić information content (AvgIpc) is 3.05. The van der Waals surface area contributed by atoms with Crippen molar-refractivity contribution in [3.63, 3.8) is 0 Å². The minimum atomic E-state index is -0.195. The van der Waals surface area contributed by atoms with Crippen LogP contribution in [0.4, 0.5) is 0 Å². The Balaban J connectivity index is 1.74. The van der Waals surface area contributed by atoms with Crippen LogP contribution in [0.3, 0.4) is 0 Å². The van der Waals surface area contributed by atoms with Crippen LogP contribution in [0.2, 0.25) is 0 Å². The Morgan fingerprint density at radius 2 is 2.26 bits per heavy atom. The summed E-state index contributed by atoms with van der Waals surface area (Å²) in [5, 5.41) is 9.92. The van der Waals surface area contributed by atoms with Gasteiger partial charge in [-0.05, 0) is 43.7 Å². The summed E-state index contributed by atoms with van der Waals surface area (Å²) < 4.78 is 0. The summed E-state index contributed by atoms with van der Waals surface area (Å²) in [7, 11) is 0. The third-order valence-corrected chi connectivity index (χ3v) is 6.03. The number of amides is 1. The second-order valence-corrected chi connectivity index (χ2v) is 6.99. The molecular weight excluding hydrogens is 258 g/mol. The maximum absolute atomic E-state index is 12.5. The molecule has 1 saturated heterocycles. The van der Waals surface area contributed by atoms with Gasteiger partial charge in [0.05, 0.1) is 11.0 Å². The fourth-order valence-corrected chi connectivity index (χ4v) is 4.62. The van der Waals surface area contributed by atoms with Crippen molar-refractivity contribution >= 4 is 17.2 Å². The molecule has 19 heavy (non-hydrogen) atoms. The molecule has 0 bridgehead atoms. The minimum absolute atomic E-state index is 0.161. The standard InChI is InChI=1S/C15H21NO2S/c1-3-13-9(2)6-14(19-13)15(18)16-7-10-4-5-12(17)11(10)8-16/h6,10-12,17H,3-5,7-8H2,1-2H3. The average molecular weight is 279 g/mol. The van der Waals surface area contributed by atoms with Crippen LogP contribution in [-0.4, -0.2) is 35.1 Å². The summed E-state index contributed by atoms with van der Waals surface area (Å²) in [6.07, 6.45) is 2.78. The number of hydrogen-bond donors (Lipinski definition) is 1. The summed E-state index contributed by atoms with van der Waals surface area (Å²) in [5.74, 6) is 0.996. The van der Waals surface area contributed by atoms with Crippen molar-refractivity contribution in [1.29, 1.82) is 0 Å². The van der Waals surface area contributed by atoms with Crippen molar-refractivity contribution in [2.24, 2.45) is 11.8 Å². The van der Waals surface area contributed by atoms with E-state index in [-0.39, 0.29) is 12.0 Å². The molecule has 2 aliphatic rings. The molecule has 1 aliphatic heterocycles. The summed E-state index contributed by atoms with van der Waals surface area (Å²) in [6.45, 7) is 5.78. The molecule has 1 N–H and O–H groups in total. The third-order valence-electron chi connectivity index (χ3n) is 4.66. The molecular formula is C15H21NO2S. The van der Waals surface area contributed by atoms with Gasteiger partial charge >= 0.3 is 0 Å². The fraction of sp³-hybridized carbons (Fsp3) is 0.667. The number of thiophene rings is 1. The lowest BCUT2D eigenvalue weighted by molar-refractivity contribution is 0.0757. The van der Waals surface area contributed by atoms with Crippen molar-refractivity contribution in [1.82, 2.24) is 4.90 Å². The Kier molecular flexibility index (Phi) is 3.39. The SMILES string of the molecule is CCc1sc(C(=O)N2CC3CCC(O)C3C2)cc1C. The van der Waals surface area contributed by atoms with Gasteiger partial charge in [0.15, 0.2) is 0 Å². The molecule has 1 aromatic rings. The van der Waals surface area contributed by atoms with Crippen molar-refractivity contribution in [3.8, 4) is 0 Å². The van der Waals surface area contributed by atoms with Crippen LogP contribution in [-0.2, 0) is 6.42 Å². The molecule has 104 valence electrons. The maximum atomic E-state index is 12.5. The molecule has 4 heteroatoms. The van der Waals surface area contributed by atoms with E-state index in [0.29, 0.717) is 11.8 Å². The second-order valence-electron chi connectivity index (χ2n) is 5.85. The quantitative estimate of drug-likeness (QED) is 0.903. The van der Waals surface area contributed by atoms with Crippen molar-refractivity contribution in [2.75, 3.05) is 13.1 Å². The summed E-state index contributed by atoms with van der Waals surface area (Å²) in [6, 6.07) is 2.02. The van der Waals surface area contributed by atoms with Gasteiger partial charge in [-0.2, -0.15) is 0 Å². The third kappa shape index (κ3) is 2.21. The Hall–Kier alpha value is -0.870. The molecule has 3 atom stereocenters. The van der Waals surface area contributed by atoms with Crippen LogP contribution in [0.15, 0.2) is 6.07 Å². The number of nitrogens with zero attached hydrogens (tertiary/aromatic N) is 1. The number of hydrogen-bond acceptors (Lipinski definition) is 3. The lowest BCUT2D eigenvalue weighted by Gasteiger charge is -2.17. The highest BCUT2D eigenvalue weighted by atomic mass is 32.1. The largest absolute Gasteiger partial charge is 0.393 e. The first kappa shape index (κ1) is 13.1. The molecule has 3 nitrogen and oxygen atoms in total. The Morgan fingerprint density at radius 3 is 2.89 bits per heavy atom. The first-order valence-corrected chi connectivity index (χ1v) is 7.98. The molecule has 1 aliphatic carbocycles. The zero-order valence-electron chi connectivity index (χ0n) is 11.6. The van der Waals surface area contributed by atoms with E-state index >= 15 is 0 Å². The van der Waals surface area contributed by atoms with Crippen LogP contribution in [0, 0.1) is 18.8 Å². The van der Waals surface area contributed by atoms with Crippen molar-refractivity contribution in [2.45, 2.75) is 39.2 Å². The van der Waals surface area contributed by atoms with Crippen LogP contribution < -0.4 is 0 Å². The molecule has 1 saturated carbocycles. The molecule has 2 heterocycles. The number of aliphatic hydroxyl groups excluding tert-OH is 1. The molecule has 0 radical (unpaired) electrons. The lowest BCUT2D eigenvalue weighted by Crippen LogP contribution is -2.30. The Morgan fingerprint density at radius 1 is 1.47 bits per heavy atom. The predicted molar refractivity (Wildman–Crippen MR) is 76.6 cm³/mol. The highest BCUT2D eigenvalue weighted by Crippen LogP contribution is 2.39. The number of carbonyl (C=O) groups is 1. The zero-order chi connectivity index (χ0) is 13.6. The molecule has 2 fully saturated rings. The first-order chi connectivity index (χ1) is 9.10. The van der Waals surface area contributed by atoms with Crippen molar-refractivity contribution in [3.05, 3.63) is 21.4 Å². The zero-order valence-corrected chi connectivity index (χ0v) is 12.4. The molecule has 0 aromatic carbocycles. The maximum Gasteiger partial charge on any atom is 0.263 e. The highest BCUT2D eigenvalue weighted by Gasteiger charge is 2.43. The Bertz CT molecular complexity index is 496. The minimum Gasteiger partial charge on any atom is -0.393 e. The van der Waals surface area contributed by atoms with Gasteiger partial charge < -0.3 is 10.0 Å². The van der Waals surface area contributed by atoms with Crippen LogP contribution >= 0.6 is 11.3 Å². The molecule has 3 unspecified atom stereocenters. The topological polar surface area (TPSA) is 40.5 Å². The van der Waals surface area contributed by atoms with Gasteiger partial charge in [-0.3, -0.25) is 4.79 Å². The second kappa shape index (κ2) is 4.91. The number of carbonyl (C=O) groups excluding carboxylic acids is 1. The number of likely N-dealkylation sites (tertiary alicyclic amines) is 1. The van der Waals surface area contributed by atoms with Gasteiger partial charge in [0.2, 0.25) is 0 Å². The number of aryl methyl sites for hydroxylation is 2. The fourth-order valence-electron chi connectivity index (χ4n) is 3.53. The first-order valence-electron chi connectivity index (χ1n) is 7.16. The van der Waals surface area contributed by atoms with Crippen LogP contribution in [0.1, 0.15) is 39.9 Å². The van der Waals surface area contributed by atoms with Gasteiger partial charge in [-0.25, -0.2) is 0 Å². The number of aliphatic hydroxyl groups is 1. The van der Waals surface area contributed by atoms with Gasteiger partial charge in [-0.15, -0.1) is 11.3 Å². The van der Waals surface area contributed by atoms with E-state index in [0.717, 1.165) is 37.2 Å². The highest BCUT2D eigenvalue weighted by molar-refractivity contribution is 7.14. The van der Waals surface area contributed by atoms with E-state index in [9.17, 15) is 9.90 Å².